The Bertz CT molecular complexity index is 2960. The number of carbonyl (C=O) groups is 5. The van der Waals surface area contributed by atoms with Crippen molar-refractivity contribution in [3.05, 3.63) is 186 Å². The predicted octanol–water partition coefficient (Wildman–Crippen LogP) is 6.42. The van der Waals surface area contributed by atoms with Crippen molar-refractivity contribution in [2.45, 2.75) is 64.9 Å². The standard InChI is InChI=1S/C61H77N10O10P/c1-4-5-8-24-58(73)69(38-48-25-27-49(28-26-48)47-82(77,78)79)44-61(76)71(55-21-11-7-12-22-55)45-60(75)70(40-52-18-15-30-64-35-52)43-59(74)68(42-57(62)72)41-53(46-81-66(2)37-50-16-13-23-56(33-50)80-3)36-65-31-32-67(54-19-9-6-10-20-54)39-51-17-14-29-63-34-51/h6-7,9-23,25-30,33-35,53,65H,4-5,8,24,31-32,36-47H2,1-3H3,(H2,62,72)(H2,77,78,79). The number of pyridine rings is 2. The maximum absolute atomic E-state index is 14.9. The van der Waals surface area contributed by atoms with Gasteiger partial charge in [-0.15, -0.1) is 0 Å². The number of amides is 5. The molecule has 5 amide bonds. The fourth-order valence-corrected chi connectivity index (χ4v) is 9.84. The quantitative estimate of drug-likeness (QED) is 0.0191. The molecule has 5 N–H and O–H groups in total. The molecule has 20 nitrogen and oxygen atoms in total. The molecule has 4 aromatic carbocycles. The average Bonchev–Trinajstić information content (AvgIpc) is 3.54. The van der Waals surface area contributed by atoms with Crippen LogP contribution >= 0.6 is 7.60 Å². The van der Waals surface area contributed by atoms with Gasteiger partial charge < -0.3 is 50.1 Å². The summed E-state index contributed by atoms with van der Waals surface area (Å²) in [6.07, 6.45) is 8.73. The van der Waals surface area contributed by atoms with Crippen molar-refractivity contribution in [1.29, 1.82) is 0 Å². The van der Waals surface area contributed by atoms with Crippen molar-refractivity contribution < 1.29 is 47.9 Å². The molecule has 0 spiro atoms. The van der Waals surface area contributed by atoms with Gasteiger partial charge in [0.2, 0.25) is 29.5 Å². The van der Waals surface area contributed by atoms with Gasteiger partial charge in [0.1, 0.15) is 25.4 Å². The first kappa shape index (κ1) is 63.3. The minimum Gasteiger partial charge on any atom is -0.497 e. The van der Waals surface area contributed by atoms with Crippen molar-refractivity contribution in [1.82, 2.24) is 35.0 Å². The number of para-hydroxylation sites is 2. The van der Waals surface area contributed by atoms with Crippen LogP contribution in [0.1, 0.15) is 60.4 Å². The summed E-state index contributed by atoms with van der Waals surface area (Å²) in [6.45, 7) is 2.74. The van der Waals surface area contributed by atoms with E-state index in [0.29, 0.717) is 67.3 Å². The van der Waals surface area contributed by atoms with E-state index in [4.69, 9.17) is 15.3 Å². The number of rotatable bonds is 35. The largest absolute Gasteiger partial charge is 0.497 e. The van der Waals surface area contributed by atoms with E-state index in [2.05, 4.69) is 32.3 Å². The van der Waals surface area contributed by atoms with Gasteiger partial charge in [-0.2, -0.15) is 5.06 Å². The third-order valence-corrected chi connectivity index (χ3v) is 14.1. The number of methoxy groups -OCH3 is 1. The van der Waals surface area contributed by atoms with E-state index in [1.54, 1.807) is 105 Å². The van der Waals surface area contributed by atoms with E-state index in [1.807, 2.05) is 67.7 Å². The maximum atomic E-state index is 14.9. The van der Waals surface area contributed by atoms with Gasteiger partial charge in [0.15, 0.2) is 0 Å². The van der Waals surface area contributed by atoms with Crippen LogP contribution in [0.4, 0.5) is 11.4 Å². The summed E-state index contributed by atoms with van der Waals surface area (Å²) in [5.74, 6) is -2.50. The number of hydrogen-bond donors (Lipinski definition) is 4. The highest BCUT2D eigenvalue weighted by Gasteiger charge is 2.30. The molecule has 6 rings (SSSR count). The van der Waals surface area contributed by atoms with Crippen molar-refractivity contribution in [2.75, 3.05) is 82.9 Å². The monoisotopic (exact) mass is 1140 g/mol. The number of nitrogens with two attached hydrogens (primary N) is 1. The lowest BCUT2D eigenvalue weighted by Crippen LogP contribution is -2.51. The number of aromatic nitrogens is 2. The molecule has 0 aliphatic carbocycles. The summed E-state index contributed by atoms with van der Waals surface area (Å²) in [5.41, 5.74) is 10.9. The van der Waals surface area contributed by atoms with Gasteiger partial charge in [0.05, 0.1) is 26.4 Å². The number of benzene rings is 4. The summed E-state index contributed by atoms with van der Waals surface area (Å²) < 4.78 is 17.1. The highest BCUT2D eigenvalue weighted by atomic mass is 31.2. The zero-order valence-electron chi connectivity index (χ0n) is 47.1. The molecule has 0 saturated carbocycles. The van der Waals surface area contributed by atoms with Crippen LogP contribution < -0.4 is 25.6 Å². The number of nitrogens with zero attached hydrogens (tertiary/aromatic N) is 8. The number of unbranched alkanes of at least 4 members (excludes halogenated alkanes) is 2. The zero-order chi connectivity index (χ0) is 58.7. The molecule has 0 fully saturated rings. The Morgan fingerprint density at radius 2 is 1.23 bits per heavy atom. The molecule has 436 valence electrons. The van der Waals surface area contributed by atoms with Crippen molar-refractivity contribution >= 4 is 48.5 Å². The second-order valence-electron chi connectivity index (χ2n) is 20.1. The Labute approximate surface area is 480 Å². The van der Waals surface area contributed by atoms with E-state index in [-0.39, 0.29) is 38.6 Å². The molecular weight excluding hydrogens is 1060 g/mol. The first-order chi connectivity index (χ1) is 39.5. The Morgan fingerprint density at radius 3 is 1.85 bits per heavy atom. The maximum Gasteiger partial charge on any atom is 0.329 e. The molecule has 6 aromatic rings. The van der Waals surface area contributed by atoms with Gasteiger partial charge in [0.25, 0.3) is 0 Å². The van der Waals surface area contributed by atoms with E-state index < -0.39 is 69.5 Å². The third-order valence-electron chi connectivity index (χ3n) is 13.4. The smallest absolute Gasteiger partial charge is 0.329 e. The Balaban J connectivity index is 1.23. The number of nitrogens with one attached hydrogen (secondary N) is 1. The van der Waals surface area contributed by atoms with Gasteiger partial charge in [-0.25, -0.2) is 0 Å². The first-order valence-corrected chi connectivity index (χ1v) is 29.2. The van der Waals surface area contributed by atoms with Gasteiger partial charge in [-0.1, -0.05) is 105 Å². The summed E-state index contributed by atoms with van der Waals surface area (Å²) in [4.78, 5) is 113. The fraction of sp³-hybridized carbons (Fsp3) is 0.361. The zero-order valence-corrected chi connectivity index (χ0v) is 48.0. The van der Waals surface area contributed by atoms with Crippen LogP contribution in [-0.2, 0) is 65.7 Å². The number of ether oxygens (including phenoxy) is 1. The first-order valence-electron chi connectivity index (χ1n) is 27.4. The Morgan fingerprint density at radius 1 is 0.634 bits per heavy atom. The molecular formula is C61H77N10O10P. The molecule has 1 atom stereocenters. The van der Waals surface area contributed by atoms with Gasteiger partial charge in [-0.05, 0) is 82.8 Å². The molecule has 2 aromatic heterocycles. The Kier molecular flexibility index (Phi) is 25.6. The van der Waals surface area contributed by atoms with Crippen LogP contribution in [0.25, 0.3) is 0 Å². The molecule has 2 heterocycles. The lowest BCUT2D eigenvalue weighted by atomic mass is 10.1. The van der Waals surface area contributed by atoms with Gasteiger partial charge in [-0.3, -0.25) is 43.3 Å². The molecule has 0 aliphatic heterocycles. The van der Waals surface area contributed by atoms with Crippen LogP contribution in [0.5, 0.6) is 5.75 Å². The van der Waals surface area contributed by atoms with Crippen LogP contribution in [0, 0.1) is 5.92 Å². The van der Waals surface area contributed by atoms with E-state index in [0.717, 1.165) is 29.7 Å². The molecule has 0 aliphatic rings. The van der Waals surface area contributed by atoms with E-state index >= 15 is 0 Å². The predicted molar refractivity (Wildman–Crippen MR) is 314 cm³/mol. The molecule has 21 heteroatoms. The Hall–Kier alpha value is -7.84. The number of hydrogen-bond acceptors (Lipinski definition) is 13. The summed E-state index contributed by atoms with van der Waals surface area (Å²) in [7, 11) is -0.919. The lowest BCUT2D eigenvalue weighted by Gasteiger charge is -2.32. The van der Waals surface area contributed by atoms with Gasteiger partial charge in [0, 0.05) is 108 Å². The average molecular weight is 1140 g/mol. The summed E-state index contributed by atoms with van der Waals surface area (Å²) in [5, 5.41) is 5.26. The molecule has 0 radical (unpaired) electrons. The number of anilines is 2. The minimum atomic E-state index is -4.33. The minimum absolute atomic E-state index is 0.0118. The SMILES string of the molecule is CCCCCC(=O)N(CC(=O)N(CC(=O)N(CC(=O)N(CC(N)=O)CC(CNCCN(Cc1cccnc1)c1ccccc1)CON(C)Cc1cccc(OC)c1)Cc1cccnc1)c1ccccc1)Cc1ccc(CP(=O)(O)O)cc1. The second-order valence-corrected chi connectivity index (χ2v) is 21.8. The highest BCUT2D eigenvalue weighted by Crippen LogP contribution is 2.39. The number of primary amides is 1. The lowest BCUT2D eigenvalue weighted by molar-refractivity contribution is -0.161. The van der Waals surface area contributed by atoms with Crippen LogP contribution in [-0.4, -0.2) is 142 Å². The second kappa shape index (κ2) is 33.2. The molecule has 0 saturated heterocycles. The van der Waals surface area contributed by atoms with Crippen molar-refractivity contribution in [2.24, 2.45) is 11.7 Å². The molecule has 82 heavy (non-hydrogen) atoms. The van der Waals surface area contributed by atoms with Crippen molar-refractivity contribution in [3.8, 4) is 5.75 Å². The third kappa shape index (κ3) is 22.2. The highest BCUT2D eigenvalue weighted by molar-refractivity contribution is 7.50. The number of carbonyl (C=O) groups excluding carboxylic acids is 5. The molecule has 1 unspecified atom stereocenters. The van der Waals surface area contributed by atoms with Crippen molar-refractivity contribution in [3.63, 3.8) is 0 Å². The topological polar surface area (TPSA) is 245 Å². The summed E-state index contributed by atoms with van der Waals surface area (Å²) >= 11 is 0. The normalized spacial score (nSPS) is 11.6. The summed E-state index contributed by atoms with van der Waals surface area (Å²) in [6, 6.07) is 40.1. The van der Waals surface area contributed by atoms with E-state index in [9.17, 15) is 38.3 Å². The van der Waals surface area contributed by atoms with Crippen LogP contribution in [0.2, 0.25) is 0 Å². The van der Waals surface area contributed by atoms with E-state index in [1.165, 1.54) is 19.6 Å². The van der Waals surface area contributed by atoms with Gasteiger partial charge >= 0.3 is 7.60 Å². The fourth-order valence-electron chi connectivity index (χ4n) is 9.15. The number of hydroxylamine groups is 2. The molecule has 0 bridgehead atoms. The van der Waals surface area contributed by atoms with Crippen LogP contribution in [0.15, 0.2) is 158 Å². The van der Waals surface area contributed by atoms with Crippen LogP contribution in [0.3, 0.4) is 0 Å².